The Morgan fingerprint density at radius 3 is 2.50 bits per heavy atom. The number of piperidine rings is 1. The molecule has 2 saturated heterocycles. The van der Waals surface area contributed by atoms with Crippen LogP contribution in [0.25, 0.3) is 0 Å². The molecule has 2 aliphatic rings. The second-order valence-electron chi connectivity index (χ2n) is 4.03. The fourth-order valence-electron chi connectivity index (χ4n) is 2.06. The summed E-state index contributed by atoms with van der Waals surface area (Å²) in [6, 6.07) is 1.30. The van der Waals surface area contributed by atoms with Gasteiger partial charge in [0.2, 0.25) is 0 Å². The van der Waals surface area contributed by atoms with Crippen molar-refractivity contribution in [2.24, 2.45) is 5.73 Å². The van der Waals surface area contributed by atoms with Crippen LogP contribution in [0.2, 0.25) is 0 Å². The maximum absolute atomic E-state index is 5.28. The van der Waals surface area contributed by atoms with E-state index in [9.17, 15) is 0 Å². The van der Waals surface area contributed by atoms with Gasteiger partial charge in [0.25, 0.3) is 0 Å². The Balaban J connectivity index is 1.69. The van der Waals surface area contributed by atoms with Gasteiger partial charge in [-0.3, -0.25) is 4.90 Å². The number of ether oxygens (including phenoxy) is 1. The zero-order chi connectivity index (χ0) is 9.80. The lowest BCUT2D eigenvalue weighted by atomic mass is 10.0. The molecule has 0 radical (unpaired) electrons. The van der Waals surface area contributed by atoms with Gasteiger partial charge < -0.3 is 15.8 Å². The highest BCUT2D eigenvalue weighted by atomic mass is 16.5. The normalized spacial score (nSPS) is 26.6. The smallest absolute Gasteiger partial charge is 0.0645 e. The number of nitrogens with one attached hydrogen (secondary N) is 1. The lowest BCUT2D eigenvalue weighted by molar-refractivity contribution is -0.0716. The molecule has 80 valence electrons. The van der Waals surface area contributed by atoms with E-state index in [1.165, 1.54) is 25.9 Å². The summed E-state index contributed by atoms with van der Waals surface area (Å²) in [5.41, 5.74) is 5.28. The van der Waals surface area contributed by atoms with E-state index in [4.69, 9.17) is 10.5 Å². The number of nitrogens with two attached hydrogens (primary N) is 1. The second-order valence-corrected chi connectivity index (χ2v) is 4.03. The minimum Gasteiger partial charge on any atom is -0.403 e. The van der Waals surface area contributed by atoms with Crippen molar-refractivity contribution in [1.29, 1.82) is 0 Å². The van der Waals surface area contributed by atoms with Crippen LogP contribution in [-0.2, 0) is 4.74 Å². The SMILES string of the molecule is N/C=C\NC1CCN(C2COC2)CC1. The summed E-state index contributed by atoms with van der Waals surface area (Å²) in [6.07, 6.45) is 5.82. The van der Waals surface area contributed by atoms with Gasteiger partial charge in [0.1, 0.15) is 0 Å². The van der Waals surface area contributed by atoms with E-state index in [-0.39, 0.29) is 0 Å². The van der Waals surface area contributed by atoms with Gasteiger partial charge in [-0.1, -0.05) is 0 Å². The molecule has 0 saturated carbocycles. The summed E-state index contributed by atoms with van der Waals surface area (Å²) < 4.78 is 5.19. The van der Waals surface area contributed by atoms with E-state index in [2.05, 4.69) is 10.2 Å². The van der Waals surface area contributed by atoms with Crippen LogP contribution >= 0.6 is 0 Å². The average molecular weight is 197 g/mol. The second kappa shape index (κ2) is 4.66. The van der Waals surface area contributed by atoms with Crippen molar-refractivity contribution in [2.45, 2.75) is 24.9 Å². The van der Waals surface area contributed by atoms with Crippen molar-refractivity contribution >= 4 is 0 Å². The molecular formula is C10H19N3O. The molecule has 0 aromatic heterocycles. The van der Waals surface area contributed by atoms with Crippen molar-refractivity contribution in [3.05, 3.63) is 12.4 Å². The van der Waals surface area contributed by atoms with Crippen LogP contribution in [0.15, 0.2) is 12.4 Å². The van der Waals surface area contributed by atoms with Gasteiger partial charge in [-0.2, -0.15) is 0 Å². The predicted molar refractivity (Wildman–Crippen MR) is 55.7 cm³/mol. The van der Waals surface area contributed by atoms with E-state index in [0.29, 0.717) is 12.1 Å². The third-order valence-electron chi connectivity index (χ3n) is 3.09. The number of likely N-dealkylation sites (tertiary alicyclic amines) is 1. The lowest BCUT2D eigenvalue weighted by Gasteiger charge is -2.41. The summed E-state index contributed by atoms with van der Waals surface area (Å²) in [4.78, 5) is 2.54. The average Bonchev–Trinajstić information content (AvgIpc) is 2.14. The fourth-order valence-corrected chi connectivity index (χ4v) is 2.06. The minimum atomic E-state index is 0.604. The molecule has 14 heavy (non-hydrogen) atoms. The predicted octanol–water partition coefficient (Wildman–Crippen LogP) is -0.131. The van der Waals surface area contributed by atoms with Gasteiger partial charge in [-0.05, 0) is 12.8 Å². The monoisotopic (exact) mass is 197 g/mol. The Hall–Kier alpha value is -0.740. The van der Waals surface area contributed by atoms with Crippen molar-refractivity contribution in [3.8, 4) is 0 Å². The Morgan fingerprint density at radius 1 is 1.29 bits per heavy atom. The molecular weight excluding hydrogens is 178 g/mol. The van der Waals surface area contributed by atoms with Crippen molar-refractivity contribution in [2.75, 3.05) is 26.3 Å². The van der Waals surface area contributed by atoms with Crippen LogP contribution in [0.1, 0.15) is 12.8 Å². The Morgan fingerprint density at radius 2 is 2.00 bits per heavy atom. The standard InChI is InChI=1S/C10H19N3O/c11-3-4-12-9-1-5-13(6-2-9)10-7-14-8-10/h3-4,9-10,12H,1-2,5-8,11H2/b4-3-. The van der Waals surface area contributed by atoms with E-state index < -0.39 is 0 Å². The van der Waals surface area contributed by atoms with Gasteiger partial charge in [0.05, 0.1) is 19.3 Å². The molecule has 2 heterocycles. The molecule has 0 aromatic rings. The summed E-state index contributed by atoms with van der Waals surface area (Å²) in [5.74, 6) is 0. The van der Waals surface area contributed by atoms with Crippen molar-refractivity contribution in [3.63, 3.8) is 0 Å². The highest BCUT2D eigenvalue weighted by Crippen LogP contribution is 2.17. The number of rotatable bonds is 3. The zero-order valence-corrected chi connectivity index (χ0v) is 8.48. The highest BCUT2D eigenvalue weighted by molar-refractivity contribution is 4.87. The maximum atomic E-state index is 5.28. The Bertz CT molecular complexity index is 196. The molecule has 2 rings (SSSR count). The summed E-state index contributed by atoms with van der Waals surface area (Å²) in [6.45, 7) is 4.23. The maximum Gasteiger partial charge on any atom is 0.0645 e. The molecule has 3 N–H and O–H groups in total. The number of nitrogens with zero attached hydrogens (tertiary/aromatic N) is 1. The van der Waals surface area contributed by atoms with Gasteiger partial charge in [-0.15, -0.1) is 0 Å². The molecule has 0 bridgehead atoms. The van der Waals surface area contributed by atoms with E-state index in [0.717, 1.165) is 13.2 Å². The molecule has 0 amide bonds. The van der Waals surface area contributed by atoms with Crippen LogP contribution in [0.3, 0.4) is 0 Å². The molecule has 0 aliphatic carbocycles. The third-order valence-corrected chi connectivity index (χ3v) is 3.09. The van der Waals surface area contributed by atoms with Gasteiger partial charge in [-0.25, -0.2) is 0 Å². The topological polar surface area (TPSA) is 50.5 Å². The van der Waals surface area contributed by atoms with Crippen molar-refractivity contribution < 1.29 is 4.74 Å². The first kappa shape index (κ1) is 9.80. The number of hydrogen-bond acceptors (Lipinski definition) is 4. The fraction of sp³-hybridized carbons (Fsp3) is 0.800. The Labute approximate surface area is 85.1 Å². The van der Waals surface area contributed by atoms with Gasteiger partial charge in [0.15, 0.2) is 0 Å². The minimum absolute atomic E-state index is 0.604. The van der Waals surface area contributed by atoms with Crippen molar-refractivity contribution in [1.82, 2.24) is 10.2 Å². The molecule has 0 aromatic carbocycles. The highest BCUT2D eigenvalue weighted by Gasteiger charge is 2.29. The molecule has 0 atom stereocenters. The van der Waals surface area contributed by atoms with Crippen LogP contribution in [-0.4, -0.2) is 43.3 Å². The van der Waals surface area contributed by atoms with Gasteiger partial charge in [0, 0.05) is 31.5 Å². The molecule has 4 heteroatoms. The summed E-state index contributed by atoms with van der Waals surface area (Å²) in [5, 5.41) is 3.30. The third kappa shape index (κ3) is 2.19. The van der Waals surface area contributed by atoms with Crippen LogP contribution in [0.5, 0.6) is 0 Å². The number of hydrogen-bond donors (Lipinski definition) is 2. The quantitative estimate of drug-likeness (QED) is 0.661. The first-order chi connectivity index (χ1) is 6.90. The van der Waals surface area contributed by atoms with Crippen LogP contribution < -0.4 is 11.1 Å². The van der Waals surface area contributed by atoms with Gasteiger partial charge >= 0.3 is 0 Å². The molecule has 0 spiro atoms. The van der Waals surface area contributed by atoms with Crippen LogP contribution in [0.4, 0.5) is 0 Å². The lowest BCUT2D eigenvalue weighted by Crippen LogP contribution is -2.53. The van der Waals surface area contributed by atoms with E-state index >= 15 is 0 Å². The summed E-state index contributed by atoms with van der Waals surface area (Å²) >= 11 is 0. The molecule has 0 unspecified atom stereocenters. The first-order valence-electron chi connectivity index (χ1n) is 5.35. The van der Waals surface area contributed by atoms with E-state index in [1.807, 2.05) is 6.20 Å². The first-order valence-corrected chi connectivity index (χ1v) is 5.35. The van der Waals surface area contributed by atoms with Crippen LogP contribution in [0, 0.1) is 0 Å². The molecule has 4 nitrogen and oxygen atoms in total. The largest absolute Gasteiger partial charge is 0.403 e. The summed E-state index contributed by atoms with van der Waals surface area (Å²) in [7, 11) is 0. The molecule has 2 aliphatic heterocycles. The Kier molecular flexibility index (Phi) is 3.26. The molecule has 2 fully saturated rings. The zero-order valence-electron chi connectivity index (χ0n) is 8.48. The van der Waals surface area contributed by atoms with E-state index in [1.54, 1.807) is 6.20 Å².